The molecule has 0 saturated heterocycles. The number of hydrogen-bond acceptors (Lipinski definition) is 3. The Morgan fingerprint density at radius 3 is 2.49 bits per heavy atom. The zero-order valence-electron chi connectivity index (χ0n) is 23.5. The Labute approximate surface area is 230 Å². The van der Waals surface area contributed by atoms with Gasteiger partial charge in [0.15, 0.2) is 0 Å². The van der Waals surface area contributed by atoms with Gasteiger partial charge in [0.05, 0.1) is 6.04 Å². The number of rotatable bonds is 9. The van der Waals surface area contributed by atoms with Crippen molar-refractivity contribution in [1.29, 1.82) is 0 Å². The van der Waals surface area contributed by atoms with Crippen molar-refractivity contribution >= 4 is 28.4 Å². The van der Waals surface area contributed by atoms with Gasteiger partial charge in [0, 0.05) is 41.4 Å². The van der Waals surface area contributed by atoms with E-state index in [1.54, 1.807) is 7.05 Å². The van der Waals surface area contributed by atoms with Gasteiger partial charge in [0.25, 0.3) is 5.91 Å². The van der Waals surface area contributed by atoms with E-state index in [-0.39, 0.29) is 23.9 Å². The second kappa shape index (κ2) is 11.0. The first-order valence-electron chi connectivity index (χ1n) is 13.8. The summed E-state index contributed by atoms with van der Waals surface area (Å²) in [5.41, 5.74) is 8.68. The van der Waals surface area contributed by atoms with Crippen molar-refractivity contribution in [3.05, 3.63) is 100 Å². The molecule has 3 aromatic carbocycles. The molecule has 2 amide bonds. The van der Waals surface area contributed by atoms with E-state index in [9.17, 15) is 9.59 Å². The molecule has 0 unspecified atom stereocenters. The summed E-state index contributed by atoms with van der Waals surface area (Å²) in [4.78, 5) is 25.2. The molecule has 0 bridgehead atoms. The number of amides is 2. The van der Waals surface area contributed by atoms with Crippen LogP contribution >= 0.6 is 0 Å². The predicted molar refractivity (Wildman–Crippen MR) is 158 cm³/mol. The van der Waals surface area contributed by atoms with Gasteiger partial charge in [-0.3, -0.25) is 9.59 Å². The average Bonchev–Trinajstić information content (AvgIpc) is 3.77. The molecule has 0 spiro atoms. The average molecular weight is 523 g/mol. The highest BCUT2D eigenvalue weighted by Gasteiger charge is 2.24. The van der Waals surface area contributed by atoms with Crippen LogP contribution in [-0.2, 0) is 11.3 Å². The fraction of sp³-hybridized carbons (Fsp3) is 0.333. The molecule has 3 N–H and O–H groups in total. The Bertz CT molecular complexity index is 1530. The highest BCUT2D eigenvalue weighted by Crippen LogP contribution is 2.40. The first kappa shape index (κ1) is 26.5. The molecule has 5 rings (SSSR count). The van der Waals surface area contributed by atoms with Crippen LogP contribution in [0.25, 0.3) is 10.9 Å². The number of nitrogens with zero attached hydrogens (tertiary/aromatic N) is 1. The van der Waals surface area contributed by atoms with Gasteiger partial charge in [-0.05, 0) is 99.0 Å². The highest BCUT2D eigenvalue weighted by atomic mass is 16.2. The van der Waals surface area contributed by atoms with E-state index >= 15 is 0 Å². The standard InChI is InChI=1S/C33H38N4O2/c1-20-23(4)37(19-24-8-6-11-29(16-24)35-22(3)32(38)34-5)31-15-14-28(18-30(20)31)33(39)36-21(2)26-9-7-10-27(17-26)25-12-13-25/h6-11,14-18,21-22,25,35H,12-13,19H2,1-5H3,(H,34,38)(H,36,39)/t21-,22-/m0/s1. The van der Waals surface area contributed by atoms with E-state index in [2.05, 4.69) is 76.8 Å². The van der Waals surface area contributed by atoms with Crippen LogP contribution in [0.3, 0.4) is 0 Å². The van der Waals surface area contributed by atoms with Gasteiger partial charge in [-0.2, -0.15) is 0 Å². The number of fused-ring (bicyclic) bond motifs is 1. The summed E-state index contributed by atoms with van der Waals surface area (Å²) in [6.07, 6.45) is 2.53. The smallest absolute Gasteiger partial charge is 0.251 e. The first-order valence-corrected chi connectivity index (χ1v) is 13.8. The lowest BCUT2D eigenvalue weighted by Crippen LogP contribution is -2.35. The highest BCUT2D eigenvalue weighted by molar-refractivity contribution is 5.99. The van der Waals surface area contributed by atoms with Gasteiger partial charge >= 0.3 is 0 Å². The third-order valence-corrected chi connectivity index (χ3v) is 8.00. The summed E-state index contributed by atoms with van der Waals surface area (Å²) in [6.45, 7) is 8.83. The third kappa shape index (κ3) is 5.70. The maximum Gasteiger partial charge on any atom is 0.251 e. The molecule has 202 valence electrons. The fourth-order valence-corrected chi connectivity index (χ4v) is 5.33. The lowest BCUT2D eigenvalue weighted by Gasteiger charge is -2.16. The van der Waals surface area contributed by atoms with Crippen molar-refractivity contribution in [2.45, 2.75) is 65.1 Å². The molecular weight excluding hydrogens is 484 g/mol. The van der Waals surface area contributed by atoms with Gasteiger partial charge < -0.3 is 20.5 Å². The molecule has 1 fully saturated rings. The minimum Gasteiger partial charge on any atom is -0.374 e. The maximum absolute atomic E-state index is 13.2. The van der Waals surface area contributed by atoms with E-state index in [4.69, 9.17) is 0 Å². The molecule has 1 saturated carbocycles. The van der Waals surface area contributed by atoms with E-state index in [0.29, 0.717) is 18.0 Å². The van der Waals surface area contributed by atoms with Crippen LogP contribution in [0.5, 0.6) is 0 Å². The summed E-state index contributed by atoms with van der Waals surface area (Å²) in [6, 6.07) is 22.4. The largest absolute Gasteiger partial charge is 0.374 e. The number of nitrogens with one attached hydrogen (secondary N) is 3. The summed E-state index contributed by atoms with van der Waals surface area (Å²) in [5, 5.41) is 10.2. The molecule has 1 heterocycles. The molecule has 2 atom stereocenters. The van der Waals surface area contributed by atoms with Crippen molar-refractivity contribution in [2.24, 2.45) is 0 Å². The van der Waals surface area contributed by atoms with Crippen LogP contribution in [0, 0.1) is 13.8 Å². The quantitative estimate of drug-likeness (QED) is 0.244. The summed E-state index contributed by atoms with van der Waals surface area (Å²) in [5.74, 6) is 0.578. The second-order valence-corrected chi connectivity index (χ2v) is 10.8. The summed E-state index contributed by atoms with van der Waals surface area (Å²) < 4.78 is 2.29. The van der Waals surface area contributed by atoms with Gasteiger partial charge in [-0.15, -0.1) is 0 Å². The molecule has 6 heteroatoms. The molecular formula is C33H38N4O2. The number of anilines is 1. The topological polar surface area (TPSA) is 75.2 Å². The van der Waals surface area contributed by atoms with Gasteiger partial charge in [-0.25, -0.2) is 0 Å². The van der Waals surface area contributed by atoms with Crippen molar-refractivity contribution in [1.82, 2.24) is 15.2 Å². The zero-order valence-corrected chi connectivity index (χ0v) is 23.5. The normalized spacial score (nSPS) is 14.6. The number of carbonyl (C=O) groups excluding carboxylic acids is 2. The summed E-state index contributed by atoms with van der Waals surface area (Å²) >= 11 is 0. The predicted octanol–water partition coefficient (Wildman–Crippen LogP) is 6.22. The molecule has 1 aliphatic carbocycles. The third-order valence-electron chi connectivity index (χ3n) is 8.00. The Kier molecular flexibility index (Phi) is 7.47. The van der Waals surface area contributed by atoms with Crippen molar-refractivity contribution in [2.75, 3.05) is 12.4 Å². The molecule has 0 radical (unpaired) electrons. The van der Waals surface area contributed by atoms with E-state index in [1.165, 1.54) is 29.7 Å². The number of aryl methyl sites for hydroxylation is 1. The number of likely N-dealkylation sites (N-methyl/N-ethyl adjacent to an activating group) is 1. The SMILES string of the molecule is CNC(=O)[C@H](C)Nc1cccc(Cn2c(C)c(C)c3cc(C(=O)N[C@@H](C)c4cccc(C5CC5)c4)ccc32)c1. The fourth-order valence-electron chi connectivity index (χ4n) is 5.33. The van der Waals surface area contributed by atoms with Gasteiger partial charge in [-0.1, -0.05) is 36.4 Å². The van der Waals surface area contributed by atoms with E-state index < -0.39 is 0 Å². The van der Waals surface area contributed by atoms with Crippen LogP contribution in [0.2, 0.25) is 0 Å². The van der Waals surface area contributed by atoms with Gasteiger partial charge in [0.2, 0.25) is 5.91 Å². The zero-order chi connectivity index (χ0) is 27.7. The Morgan fingerprint density at radius 1 is 0.974 bits per heavy atom. The minimum absolute atomic E-state index is 0.0516. The van der Waals surface area contributed by atoms with Crippen LogP contribution in [-0.4, -0.2) is 29.5 Å². The van der Waals surface area contributed by atoms with E-state index in [1.807, 2.05) is 38.1 Å². The molecule has 0 aliphatic heterocycles. The molecule has 6 nitrogen and oxygen atoms in total. The monoisotopic (exact) mass is 522 g/mol. The van der Waals surface area contributed by atoms with E-state index in [0.717, 1.165) is 27.7 Å². The van der Waals surface area contributed by atoms with Crippen LogP contribution < -0.4 is 16.0 Å². The molecule has 1 aliphatic rings. The number of benzene rings is 3. The first-order chi connectivity index (χ1) is 18.7. The Morgan fingerprint density at radius 2 is 1.74 bits per heavy atom. The lowest BCUT2D eigenvalue weighted by molar-refractivity contribution is -0.121. The molecule has 1 aromatic heterocycles. The van der Waals surface area contributed by atoms with Gasteiger partial charge in [0.1, 0.15) is 6.04 Å². The number of aromatic nitrogens is 1. The number of hydrogen-bond donors (Lipinski definition) is 3. The Hall–Kier alpha value is -4.06. The molecule has 39 heavy (non-hydrogen) atoms. The molecule has 4 aromatic rings. The summed E-state index contributed by atoms with van der Waals surface area (Å²) in [7, 11) is 1.64. The van der Waals surface area contributed by atoms with Crippen LogP contribution in [0.1, 0.15) is 77.0 Å². The van der Waals surface area contributed by atoms with Crippen LogP contribution in [0.4, 0.5) is 5.69 Å². The maximum atomic E-state index is 13.2. The number of carbonyl (C=O) groups is 2. The van der Waals surface area contributed by atoms with Crippen molar-refractivity contribution < 1.29 is 9.59 Å². The minimum atomic E-state index is -0.323. The van der Waals surface area contributed by atoms with Crippen molar-refractivity contribution in [3.63, 3.8) is 0 Å². The van der Waals surface area contributed by atoms with Crippen molar-refractivity contribution in [3.8, 4) is 0 Å². The Balaban J connectivity index is 1.34. The second-order valence-electron chi connectivity index (χ2n) is 10.8. The lowest BCUT2D eigenvalue weighted by atomic mass is 10.0. The van der Waals surface area contributed by atoms with Crippen LogP contribution in [0.15, 0.2) is 66.7 Å².